The lowest BCUT2D eigenvalue weighted by Crippen LogP contribution is -2.22. The maximum atomic E-state index is 10.8. The highest BCUT2D eigenvalue weighted by Gasteiger charge is 2.21. The van der Waals surface area contributed by atoms with Crippen LogP contribution in [0.25, 0.3) is 5.78 Å². The fourth-order valence-corrected chi connectivity index (χ4v) is 1.51. The van der Waals surface area contributed by atoms with Gasteiger partial charge < -0.3 is 10.8 Å². The zero-order chi connectivity index (χ0) is 12.7. The third-order valence-corrected chi connectivity index (χ3v) is 2.82. The molecule has 90 valence electrons. The van der Waals surface area contributed by atoms with Gasteiger partial charge in [0.2, 0.25) is 0 Å². The molecule has 2 aromatic heterocycles. The fraction of sp³-hybridized carbons (Fsp3) is 0.400. The van der Waals surface area contributed by atoms with Crippen LogP contribution < -0.4 is 5.73 Å². The van der Waals surface area contributed by atoms with Gasteiger partial charge in [0.25, 0.3) is 5.78 Å². The Labute approximate surface area is 97.3 Å². The number of hydrogen-bond donors (Lipinski definition) is 2. The van der Waals surface area contributed by atoms with Gasteiger partial charge in [-0.1, -0.05) is 0 Å². The highest BCUT2D eigenvalue weighted by Crippen LogP contribution is 2.13. The van der Waals surface area contributed by atoms with Crippen molar-refractivity contribution in [3.05, 3.63) is 22.8 Å². The molecule has 0 bridgehead atoms. The van der Waals surface area contributed by atoms with Gasteiger partial charge in [0.15, 0.2) is 11.9 Å². The van der Waals surface area contributed by atoms with E-state index in [9.17, 15) is 4.79 Å². The van der Waals surface area contributed by atoms with E-state index in [1.807, 2.05) is 20.8 Å². The number of aryl methyl sites for hydroxylation is 2. The van der Waals surface area contributed by atoms with Crippen LogP contribution in [-0.4, -0.2) is 30.7 Å². The van der Waals surface area contributed by atoms with Crippen LogP contribution in [0.4, 0.5) is 0 Å². The van der Waals surface area contributed by atoms with E-state index in [1.54, 1.807) is 0 Å². The summed E-state index contributed by atoms with van der Waals surface area (Å²) in [4.78, 5) is 19.0. The molecular formula is C10H13N5O2. The molecule has 0 fully saturated rings. The molecule has 0 spiro atoms. The van der Waals surface area contributed by atoms with Gasteiger partial charge >= 0.3 is 5.97 Å². The van der Waals surface area contributed by atoms with Crippen LogP contribution >= 0.6 is 0 Å². The Balaban J connectivity index is 2.66. The summed E-state index contributed by atoms with van der Waals surface area (Å²) in [7, 11) is 0. The van der Waals surface area contributed by atoms with Crippen LogP contribution in [0, 0.1) is 20.8 Å². The Hall–Kier alpha value is -2.02. The first kappa shape index (κ1) is 11.5. The number of carbonyl (C=O) groups is 1. The van der Waals surface area contributed by atoms with Gasteiger partial charge in [-0.2, -0.15) is 4.98 Å². The minimum atomic E-state index is -1.23. The topological polar surface area (TPSA) is 106 Å². The second-order valence-electron chi connectivity index (χ2n) is 3.91. The molecule has 0 aliphatic carbocycles. The Kier molecular flexibility index (Phi) is 2.55. The number of nitrogens with zero attached hydrogens (tertiary/aromatic N) is 4. The minimum absolute atomic E-state index is 0.0677. The van der Waals surface area contributed by atoms with E-state index in [0.717, 1.165) is 17.0 Å². The van der Waals surface area contributed by atoms with Crippen LogP contribution in [0.2, 0.25) is 0 Å². The van der Waals surface area contributed by atoms with Crippen molar-refractivity contribution in [3.8, 4) is 0 Å². The lowest BCUT2D eigenvalue weighted by molar-refractivity contribution is -0.138. The predicted molar refractivity (Wildman–Crippen MR) is 59.6 cm³/mol. The molecule has 7 nitrogen and oxygen atoms in total. The highest BCUT2D eigenvalue weighted by molar-refractivity contribution is 5.74. The molecule has 0 aromatic carbocycles. The monoisotopic (exact) mass is 235 g/mol. The van der Waals surface area contributed by atoms with Gasteiger partial charge in [-0.05, 0) is 26.3 Å². The lowest BCUT2D eigenvalue weighted by atomic mass is 10.2. The number of nitrogens with two attached hydrogens (primary N) is 1. The third-order valence-electron chi connectivity index (χ3n) is 2.82. The molecule has 0 saturated carbocycles. The van der Waals surface area contributed by atoms with Crippen molar-refractivity contribution >= 4 is 11.7 Å². The summed E-state index contributed by atoms with van der Waals surface area (Å²) < 4.78 is 1.51. The summed E-state index contributed by atoms with van der Waals surface area (Å²) in [5.41, 5.74) is 8.18. The standard InChI is InChI=1S/C10H13N5O2/c1-4-5(2)12-10-13-8(7(11)9(16)17)14-15(10)6(4)3/h7H,11H2,1-3H3,(H,16,17). The van der Waals surface area contributed by atoms with E-state index in [1.165, 1.54) is 4.52 Å². The first-order chi connectivity index (χ1) is 7.91. The van der Waals surface area contributed by atoms with E-state index < -0.39 is 12.0 Å². The quantitative estimate of drug-likeness (QED) is 0.766. The van der Waals surface area contributed by atoms with Gasteiger partial charge in [-0.15, -0.1) is 5.10 Å². The summed E-state index contributed by atoms with van der Waals surface area (Å²) in [5, 5.41) is 12.9. The molecule has 0 aliphatic rings. The molecule has 0 saturated heterocycles. The average Bonchev–Trinajstić information content (AvgIpc) is 2.68. The first-order valence-corrected chi connectivity index (χ1v) is 5.10. The van der Waals surface area contributed by atoms with Crippen LogP contribution in [0.5, 0.6) is 0 Å². The van der Waals surface area contributed by atoms with Gasteiger partial charge in [0.05, 0.1) is 0 Å². The molecule has 2 rings (SSSR count). The normalized spacial score (nSPS) is 12.9. The molecule has 2 heterocycles. The average molecular weight is 235 g/mol. The lowest BCUT2D eigenvalue weighted by Gasteiger charge is -2.04. The summed E-state index contributed by atoms with van der Waals surface area (Å²) >= 11 is 0. The van der Waals surface area contributed by atoms with Crippen molar-refractivity contribution in [2.24, 2.45) is 5.73 Å². The van der Waals surface area contributed by atoms with Crippen molar-refractivity contribution in [1.29, 1.82) is 0 Å². The van der Waals surface area contributed by atoms with E-state index in [4.69, 9.17) is 10.8 Å². The molecule has 0 radical (unpaired) electrons. The highest BCUT2D eigenvalue weighted by atomic mass is 16.4. The zero-order valence-corrected chi connectivity index (χ0v) is 9.80. The minimum Gasteiger partial charge on any atom is -0.480 e. The fourth-order valence-electron chi connectivity index (χ4n) is 1.51. The van der Waals surface area contributed by atoms with Crippen molar-refractivity contribution in [1.82, 2.24) is 19.6 Å². The van der Waals surface area contributed by atoms with E-state index in [-0.39, 0.29) is 5.82 Å². The second kappa shape index (κ2) is 3.77. The molecule has 1 atom stereocenters. The number of hydrogen-bond acceptors (Lipinski definition) is 5. The van der Waals surface area contributed by atoms with Gasteiger partial charge in [-0.25, -0.2) is 9.50 Å². The van der Waals surface area contributed by atoms with Gasteiger partial charge in [0.1, 0.15) is 0 Å². The zero-order valence-electron chi connectivity index (χ0n) is 9.80. The Morgan fingerprint density at radius 3 is 2.59 bits per heavy atom. The van der Waals surface area contributed by atoms with Crippen molar-refractivity contribution in [2.75, 3.05) is 0 Å². The molecule has 0 amide bonds. The van der Waals surface area contributed by atoms with E-state index in [0.29, 0.717) is 5.78 Å². The van der Waals surface area contributed by atoms with Gasteiger partial charge in [-0.3, -0.25) is 4.79 Å². The number of rotatable bonds is 2. The van der Waals surface area contributed by atoms with Crippen LogP contribution in [0.1, 0.15) is 28.8 Å². The van der Waals surface area contributed by atoms with Crippen LogP contribution in [0.3, 0.4) is 0 Å². The van der Waals surface area contributed by atoms with Crippen molar-refractivity contribution < 1.29 is 9.90 Å². The maximum absolute atomic E-state index is 10.8. The summed E-state index contributed by atoms with van der Waals surface area (Å²) in [6.45, 7) is 5.67. The molecule has 1 unspecified atom stereocenters. The molecule has 2 aromatic rings. The Morgan fingerprint density at radius 1 is 1.35 bits per heavy atom. The smallest absolute Gasteiger partial charge is 0.328 e. The van der Waals surface area contributed by atoms with E-state index >= 15 is 0 Å². The molecular weight excluding hydrogens is 222 g/mol. The predicted octanol–water partition coefficient (Wildman–Crippen LogP) is 0.134. The number of carboxylic acids is 1. The van der Waals surface area contributed by atoms with Crippen LogP contribution in [-0.2, 0) is 4.79 Å². The third kappa shape index (κ3) is 1.74. The number of carboxylic acid groups (broad SMARTS) is 1. The number of aliphatic carboxylic acids is 1. The van der Waals surface area contributed by atoms with Crippen molar-refractivity contribution in [2.45, 2.75) is 26.8 Å². The molecule has 7 heteroatoms. The maximum Gasteiger partial charge on any atom is 0.328 e. The van der Waals surface area contributed by atoms with E-state index in [2.05, 4.69) is 15.1 Å². The largest absolute Gasteiger partial charge is 0.480 e. The molecule has 17 heavy (non-hydrogen) atoms. The summed E-state index contributed by atoms with van der Waals surface area (Å²) in [5.74, 6) is -0.720. The number of fused-ring (bicyclic) bond motifs is 1. The van der Waals surface area contributed by atoms with Crippen LogP contribution in [0.15, 0.2) is 0 Å². The molecule has 0 aliphatic heterocycles. The Morgan fingerprint density at radius 2 is 2.00 bits per heavy atom. The number of aromatic nitrogens is 4. The summed E-state index contributed by atoms with van der Waals surface area (Å²) in [6.07, 6.45) is 0. The Bertz CT molecular complexity index is 604. The molecule has 3 N–H and O–H groups in total. The van der Waals surface area contributed by atoms with Crippen molar-refractivity contribution in [3.63, 3.8) is 0 Å². The SMILES string of the molecule is Cc1nc2nc(C(N)C(=O)O)nn2c(C)c1C. The second-order valence-corrected chi connectivity index (χ2v) is 3.91. The van der Waals surface area contributed by atoms with Gasteiger partial charge in [0, 0.05) is 11.4 Å². The first-order valence-electron chi connectivity index (χ1n) is 5.10. The summed E-state index contributed by atoms with van der Waals surface area (Å²) in [6, 6.07) is -1.23.